The van der Waals surface area contributed by atoms with Gasteiger partial charge in [-0.1, -0.05) is 29.4 Å². The molecule has 1 atom stereocenters. The number of likely N-dealkylation sites (tertiary alicyclic amines) is 1. The molecule has 0 N–H and O–H groups in total. The van der Waals surface area contributed by atoms with E-state index in [0.29, 0.717) is 42.4 Å². The Morgan fingerprint density at radius 1 is 1.29 bits per heavy atom. The molecular formula is C21H18N4O3. The summed E-state index contributed by atoms with van der Waals surface area (Å²) < 4.78 is 10.7. The third-order valence-corrected chi connectivity index (χ3v) is 4.81. The van der Waals surface area contributed by atoms with Gasteiger partial charge in [-0.25, -0.2) is 0 Å². The Kier molecular flexibility index (Phi) is 4.77. The van der Waals surface area contributed by atoms with E-state index in [4.69, 9.17) is 14.5 Å². The number of nitrogens with zero attached hydrogens (tertiary/aromatic N) is 4. The third kappa shape index (κ3) is 3.45. The molecule has 1 aromatic heterocycles. The highest BCUT2D eigenvalue weighted by molar-refractivity contribution is 5.79. The molecule has 2 heterocycles. The van der Waals surface area contributed by atoms with E-state index in [1.165, 1.54) is 0 Å². The van der Waals surface area contributed by atoms with Crippen molar-refractivity contribution in [3.8, 4) is 23.3 Å². The van der Waals surface area contributed by atoms with Crippen molar-refractivity contribution in [1.29, 1.82) is 5.26 Å². The fourth-order valence-corrected chi connectivity index (χ4v) is 3.38. The van der Waals surface area contributed by atoms with E-state index in [-0.39, 0.29) is 11.8 Å². The Hall–Kier alpha value is -3.66. The lowest BCUT2D eigenvalue weighted by molar-refractivity contribution is -0.128. The summed E-state index contributed by atoms with van der Waals surface area (Å²) >= 11 is 0. The van der Waals surface area contributed by atoms with Crippen LogP contribution in [0.25, 0.3) is 11.5 Å². The molecule has 7 nitrogen and oxygen atoms in total. The van der Waals surface area contributed by atoms with Crippen molar-refractivity contribution in [2.24, 2.45) is 0 Å². The smallest absolute Gasteiger partial charge is 0.257 e. The van der Waals surface area contributed by atoms with Crippen molar-refractivity contribution in [2.75, 3.05) is 13.7 Å². The molecule has 3 aromatic rings. The minimum Gasteiger partial charge on any atom is -0.496 e. The van der Waals surface area contributed by atoms with Gasteiger partial charge in [-0.2, -0.15) is 10.2 Å². The molecule has 0 bridgehead atoms. The number of hydrogen-bond donors (Lipinski definition) is 0. The van der Waals surface area contributed by atoms with Crippen LogP contribution >= 0.6 is 0 Å². The Labute approximate surface area is 162 Å². The summed E-state index contributed by atoms with van der Waals surface area (Å²) in [4.78, 5) is 18.7. The molecule has 7 heteroatoms. The number of hydrogen-bond acceptors (Lipinski definition) is 6. The number of ether oxygens (including phenoxy) is 1. The zero-order chi connectivity index (χ0) is 19.5. The molecule has 0 saturated carbocycles. The Morgan fingerprint density at radius 3 is 2.96 bits per heavy atom. The lowest BCUT2D eigenvalue weighted by Gasteiger charge is -2.17. The fraction of sp³-hybridized carbons (Fsp3) is 0.238. The van der Waals surface area contributed by atoms with Crippen LogP contribution in [-0.2, 0) is 11.3 Å². The topological polar surface area (TPSA) is 92.2 Å². The van der Waals surface area contributed by atoms with E-state index in [9.17, 15) is 4.79 Å². The maximum atomic E-state index is 12.5. The second-order valence-corrected chi connectivity index (χ2v) is 6.64. The van der Waals surface area contributed by atoms with Gasteiger partial charge < -0.3 is 14.2 Å². The zero-order valence-electron chi connectivity index (χ0n) is 15.3. The van der Waals surface area contributed by atoms with Gasteiger partial charge in [0.25, 0.3) is 5.89 Å². The molecule has 28 heavy (non-hydrogen) atoms. The molecule has 1 fully saturated rings. The molecule has 1 aliphatic heterocycles. The van der Waals surface area contributed by atoms with Gasteiger partial charge in [0.1, 0.15) is 5.75 Å². The minimum atomic E-state index is -0.126. The first-order valence-electron chi connectivity index (χ1n) is 8.91. The Morgan fingerprint density at radius 2 is 2.14 bits per heavy atom. The number of nitriles is 1. The molecule has 4 rings (SSSR count). The highest BCUT2D eigenvalue weighted by atomic mass is 16.5. The highest BCUT2D eigenvalue weighted by Crippen LogP contribution is 2.30. The predicted molar refractivity (Wildman–Crippen MR) is 100 cm³/mol. The summed E-state index contributed by atoms with van der Waals surface area (Å²) in [5.74, 6) is 1.54. The number of benzene rings is 2. The largest absolute Gasteiger partial charge is 0.496 e. The summed E-state index contributed by atoms with van der Waals surface area (Å²) in [5.41, 5.74) is 2.17. The Bertz CT molecular complexity index is 1050. The highest BCUT2D eigenvalue weighted by Gasteiger charge is 2.34. The molecular weight excluding hydrogens is 356 g/mol. The van der Waals surface area contributed by atoms with E-state index in [0.717, 1.165) is 11.3 Å². The standard InChI is InChI=1S/C21H18N4O3/c1-27-18-8-3-2-6-16(18)12-25-13-17(10-19(25)26)20-23-21(28-24-20)15-7-4-5-14(9-15)11-22/h2-9,17H,10,12-13H2,1H3. The van der Waals surface area contributed by atoms with Crippen LogP contribution in [0.3, 0.4) is 0 Å². The van der Waals surface area contributed by atoms with Crippen LogP contribution in [0.1, 0.15) is 29.3 Å². The number of carbonyl (C=O) groups excluding carboxylic acids is 1. The van der Waals surface area contributed by atoms with Crippen LogP contribution in [0, 0.1) is 11.3 Å². The predicted octanol–water partition coefficient (Wildman–Crippen LogP) is 3.13. The molecule has 1 saturated heterocycles. The molecule has 2 aromatic carbocycles. The van der Waals surface area contributed by atoms with Crippen molar-refractivity contribution in [3.63, 3.8) is 0 Å². The van der Waals surface area contributed by atoms with Crippen LogP contribution in [0.15, 0.2) is 53.1 Å². The summed E-state index contributed by atoms with van der Waals surface area (Å²) in [6, 6.07) is 16.8. The molecule has 1 amide bonds. The molecule has 0 aliphatic carbocycles. The van der Waals surface area contributed by atoms with Gasteiger partial charge in [-0.15, -0.1) is 0 Å². The van der Waals surface area contributed by atoms with Crippen molar-refractivity contribution >= 4 is 5.91 Å². The van der Waals surface area contributed by atoms with Gasteiger partial charge >= 0.3 is 0 Å². The van der Waals surface area contributed by atoms with E-state index in [1.54, 1.807) is 30.2 Å². The lowest BCUT2D eigenvalue weighted by atomic mass is 10.1. The molecule has 140 valence electrons. The van der Waals surface area contributed by atoms with E-state index in [1.807, 2.05) is 30.3 Å². The van der Waals surface area contributed by atoms with Crippen molar-refractivity contribution in [3.05, 3.63) is 65.5 Å². The summed E-state index contributed by atoms with van der Waals surface area (Å²) in [6.45, 7) is 1.00. The van der Waals surface area contributed by atoms with Gasteiger partial charge in [0, 0.05) is 36.6 Å². The maximum Gasteiger partial charge on any atom is 0.257 e. The first-order chi connectivity index (χ1) is 13.7. The quantitative estimate of drug-likeness (QED) is 0.681. The summed E-state index contributed by atoms with van der Waals surface area (Å²) in [5, 5.41) is 13.1. The van der Waals surface area contributed by atoms with Crippen molar-refractivity contribution in [1.82, 2.24) is 15.0 Å². The average molecular weight is 374 g/mol. The van der Waals surface area contributed by atoms with Gasteiger partial charge in [-0.3, -0.25) is 4.79 Å². The summed E-state index contributed by atoms with van der Waals surface area (Å²) in [7, 11) is 1.62. The van der Waals surface area contributed by atoms with Crippen molar-refractivity contribution < 1.29 is 14.1 Å². The van der Waals surface area contributed by atoms with Crippen LogP contribution in [0.5, 0.6) is 5.75 Å². The second kappa shape index (κ2) is 7.53. The first-order valence-corrected chi connectivity index (χ1v) is 8.91. The normalized spacial score (nSPS) is 16.2. The summed E-state index contributed by atoms with van der Waals surface area (Å²) in [6.07, 6.45) is 0.340. The number of para-hydroxylation sites is 1. The number of carbonyl (C=O) groups is 1. The van der Waals surface area contributed by atoms with E-state index >= 15 is 0 Å². The SMILES string of the molecule is COc1ccccc1CN1CC(c2noc(-c3cccc(C#N)c3)n2)CC1=O. The Balaban J connectivity index is 1.50. The van der Waals surface area contributed by atoms with Crippen LogP contribution in [0.4, 0.5) is 0 Å². The van der Waals surface area contributed by atoms with Gasteiger partial charge in [0.15, 0.2) is 5.82 Å². The first kappa shape index (κ1) is 17.7. The van der Waals surface area contributed by atoms with Crippen LogP contribution < -0.4 is 4.74 Å². The number of amides is 1. The fourth-order valence-electron chi connectivity index (χ4n) is 3.38. The van der Waals surface area contributed by atoms with Crippen molar-refractivity contribution in [2.45, 2.75) is 18.9 Å². The van der Waals surface area contributed by atoms with Gasteiger partial charge in [0.05, 0.1) is 18.7 Å². The van der Waals surface area contributed by atoms with Gasteiger partial charge in [0.2, 0.25) is 5.91 Å². The molecule has 1 unspecified atom stereocenters. The monoisotopic (exact) mass is 374 g/mol. The van der Waals surface area contributed by atoms with E-state index < -0.39 is 0 Å². The van der Waals surface area contributed by atoms with Gasteiger partial charge in [-0.05, 0) is 24.3 Å². The molecule has 0 radical (unpaired) electrons. The lowest BCUT2D eigenvalue weighted by Crippen LogP contribution is -2.24. The maximum absolute atomic E-state index is 12.5. The molecule has 1 aliphatic rings. The van der Waals surface area contributed by atoms with E-state index in [2.05, 4.69) is 16.2 Å². The van der Waals surface area contributed by atoms with Crippen LogP contribution in [0.2, 0.25) is 0 Å². The number of aromatic nitrogens is 2. The number of methoxy groups -OCH3 is 1. The van der Waals surface area contributed by atoms with Crippen LogP contribution in [-0.4, -0.2) is 34.6 Å². The average Bonchev–Trinajstić information content (AvgIpc) is 3.36. The number of rotatable bonds is 5. The second-order valence-electron chi connectivity index (χ2n) is 6.64. The zero-order valence-corrected chi connectivity index (χ0v) is 15.3. The minimum absolute atomic E-state index is 0.0498. The molecule has 0 spiro atoms. The third-order valence-electron chi connectivity index (χ3n) is 4.81.